The summed E-state index contributed by atoms with van der Waals surface area (Å²) in [4.78, 5) is 0. The fourth-order valence-electron chi connectivity index (χ4n) is 1.50. The van der Waals surface area contributed by atoms with E-state index in [0.717, 1.165) is 12.2 Å². The first kappa shape index (κ1) is 15.0. The van der Waals surface area contributed by atoms with Crippen LogP contribution in [0.25, 0.3) is 0 Å². The second-order valence-corrected chi connectivity index (χ2v) is 4.60. The zero-order valence-corrected chi connectivity index (χ0v) is 11.3. The number of halogens is 1. The maximum absolute atomic E-state index is 5.47. The average molecular weight is 324 g/mol. The summed E-state index contributed by atoms with van der Waals surface area (Å²) in [5.74, 6) is 1.45. The van der Waals surface area contributed by atoms with Gasteiger partial charge in [0.15, 0.2) is 23.0 Å². The van der Waals surface area contributed by atoms with Crippen LogP contribution >= 0.6 is 23.0 Å². The summed E-state index contributed by atoms with van der Waals surface area (Å²) in [6, 6.07) is 0. The van der Waals surface area contributed by atoms with Crippen LogP contribution in [0.2, 0.25) is 0 Å². The van der Waals surface area contributed by atoms with Crippen molar-refractivity contribution in [3.8, 4) is 0 Å². The molecule has 0 fully saturated rings. The largest absolute Gasteiger partial charge is 0.432 e. The minimum Gasteiger partial charge on any atom is -0.432 e. The van der Waals surface area contributed by atoms with Gasteiger partial charge in [0.25, 0.3) is 0 Å². The molecule has 0 spiro atoms. The van der Waals surface area contributed by atoms with E-state index in [1.54, 1.807) is 7.11 Å². The Kier molecular flexibility index (Phi) is 5.88. The third-order valence-electron chi connectivity index (χ3n) is 2.94. The first-order valence-electron chi connectivity index (χ1n) is 4.73. The van der Waals surface area contributed by atoms with Crippen molar-refractivity contribution in [2.75, 3.05) is 7.11 Å². The molecule has 15 heavy (non-hydrogen) atoms. The summed E-state index contributed by atoms with van der Waals surface area (Å²) in [6.07, 6.45) is 5.24. The Bertz CT molecular complexity index is 267. The molecule has 1 aliphatic carbocycles. The van der Waals surface area contributed by atoms with Crippen molar-refractivity contribution in [2.24, 2.45) is 5.92 Å². The van der Waals surface area contributed by atoms with Crippen LogP contribution < -0.4 is 0 Å². The molecule has 0 radical (unpaired) electrons. The normalized spacial score (nSPS) is 21.3. The number of hydrogen-bond donors (Lipinski definition) is 0. The van der Waals surface area contributed by atoms with E-state index in [1.807, 2.05) is 23.0 Å². The van der Waals surface area contributed by atoms with E-state index in [1.165, 1.54) is 5.57 Å². The highest BCUT2D eigenvalue weighted by Gasteiger charge is 2.30. The molecule has 1 rings (SSSR count). The number of methoxy groups -OCH3 is 1. The van der Waals surface area contributed by atoms with E-state index in [2.05, 4.69) is 32.9 Å². The lowest BCUT2D eigenvalue weighted by Gasteiger charge is -2.33. The number of rotatable bonds is 3. The van der Waals surface area contributed by atoms with Crippen LogP contribution in [-0.4, -0.2) is 12.7 Å². The van der Waals surface area contributed by atoms with E-state index >= 15 is 0 Å². The van der Waals surface area contributed by atoms with Gasteiger partial charge in [-0.1, -0.05) is 19.6 Å². The zero-order chi connectivity index (χ0) is 10.8. The number of ether oxygens (including phenoxy) is 1. The Balaban J connectivity index is 0.00000196. The SMILES string of the molecule is C.COC(C)(C)C1C=CC(C)=C(OI)C1. The molecule has 0 aromatic heterocycles. The van der Waals surface area contributed by atoms with Gasteiger partial charge in [0, 0.05) is 19.4 Å². The molecule has 2 nitrogen and oxygen atoms in total. The molecule has 0 N–H and O–H groups in total. The molecule has 0 aromatic rings. The summed E-state index contributed by atoms with van der Waals surface area (Å²) in [7, 11) is 1.75. The predicted octanol–water partition coefficient (Wildman–Crippen LogP) is 4.26. The third kappa shape index (κ3) is 3.48. The lowest BCUT2D eigenvalue weighted by molar-refractivity contribution is -0.0142. The molecule has 1 unspecified atom stereocenters. The van der Waals surface area contributed by atoms with Gasteiger partial charge in [-0.25, -0.2) is 0 Å². The fourth-order valence-corrected chi connectivity index (χ4v) is 2.03. The van der Waals surface area contributed by atoms with Crippen LogP contribution in [0, 0.1) is 5.92 Å². The molecule has 0 amide bonds. The van der Waals surface area contributed by atoms with Gasteiger partial charge in [0.1, 0.15) is 5.76 Å². The highest BCUT2D eigenvalue weighted by molar-refractivity contribution is 14.1. The van der Waals surface area contributed by atoms with Crippen molar-refractivity contribution >= 4 is 23.0 Å². The second kappa shape index (κ2) is 5.89. The van der Waals surface area contributed by atoms with E-state index < -0.39 is 0 Å². The maximum atomic E-state index is 5.47. The monoisotopic (exact) mass is 324 g/mol. The van der Waals surface area contributed by atoms with Crippen LogP contribution in [0.3, 0.4) is 0 Å². The van der Waals surface area contributed by atoms with Gasteiger partial charge in [-0.3, -0.25) is 0 Å². The standard InChI is InChI=1S/C11H17IO2.CH4/c1-8-5-6-9(7-10(8)14-12)11(2,3)13-4;/h5-6,9H,7H2,1-4H3;1H4. The van der Waals surface area contributed by atoms with E-state index in [9.17, 15) is 0 Å². The lowest BCUT2D eigenvalue weighted by atomic mass is 9.83. The van der Waals surface area contributed by atoms with Gasteiger partial charge in [-0.15, -0.1) is 0 Å². The van der Waals surface area contributed by atoms with Gasteiger partial charge >= 0.3 is 0 Å². The highest BCUT2D eigenvalue weighted by atomic mass is 127. The van der Waals surface area contributed by atoms with E-state index in [4.69, 9.17) is 7.80 Å². The van der Waals surface area contributed by atoms with Gasteiger partial charge in [0.05, 0.1) is 5.60 Å². The second-order valence-electron chi connectivity index (χ2n) is 4.16. The summed E-state index contributed by atoms with van der Waals surface area (Å²) < 4.78 is 10.8. The molecule has 0 aromatic carbocycles. The first-order valence-corrected chi connectivity index (χ1v) is 5.61. The van der Waals surface area contributed by atoms with Crippen molar-refractivity contribution in [1.29, 1.82) is 0 Å². The minimum absolute atomic E-state index is 0. The zero-order valence-electron chi connectivity index (χ0n) is 9.13. The summed E-state index contributed by atoms with van der Waals surface area (Å²) >= 11 is 1.94. The van der Waals surface area contributed by atoms with Crippen molar-refractivity contribution in [1.82, 2.24) is 0 Å². The van der Waals surface area contributed by atoms with Crippen molar-refractivity contribution < 1.29 is 7.80 Å². The fraction of sp³-hybridized carbons (Fsp3) is 0.667. The molecular formula is C12H21IO2. The molecule has 0 bridgehead atoms. The Morgan fingerprint density at radius 3 is 2.53 bits per heavy atom. The smallest absolute Gasteiger partial charge is 0.192 e. The van der Waals surface area contributed by atoms with Crippen LogP contribution in [-0.2, 0) is 7.80 Å². The number of allylic oxidation sites excluding steroid dienone is 3. The van der Waals surface area contributed by atoms with Crippen LogP contribution in [0.1, 0.15) is 34.6 Å². The third-order valence-corrected chi connectivity index (χ3v) is 3.47. The quantitative estimate of drug-likeness (QED) is 0.722. The minimum atomic E-state index is -0.127. The van der Waals surface area contributed by atoms with Crippen molar-refractivity contribution in [3.05, 3.63) is 23.5 Å². The summed E-state index contributed by atoms with van der Waals surface area (Å²) in [6.45, 7) is 6.28. The van der Waals surface area contributed by atoms with Crippen LogP contribution in [0.4, 0.5) is 0 Å². The molecule has 0 aliphatic heterocycles. The van der Waals surface area contributed by atoms with E-state index in [-0.39, 0.29) is 13.0 Å². The van der Waals surface area contributed by atoms with Crippen LogP contribution in [0.15, 0.2) is 23.5 Å². The maximum Gasteiger partial charge on any atom is 0.192 e. The molecular weight excluding hydrogens is 303 g/mol. The van der Waals surface area contributed by atoms with Gasteiger partial charge in [-0.05, 0) is 26.3 Å². The Labute approximate surface area is 107 Å². The molecule has 3 heteroatoms. The Morgan fingerprint density at radius 2 is 2.07 bits per heavy atom. The lowest BCUT2D eigenvalue weighted by Crippen LogP contribution is -2.33. The number of hydrogen-bond acceptors (Lipinski definition) is 2. The van der Waals surface area contributed by atoms with Crippen molar-refractivity contribution in [3.63, 3.8) is 0 Å². The molecule has 0 heterocycles. The topological polar surface area (TPSA) is 18.5 Å². The summed E-state index contributed by atoms with van der Waals surface area (Å²) in [5, 5.41) is 0. The average Bonchev–Trinajstić information content (AvgIpc) is 2.18. The Morgan fingerprint density at radius 1 is 1.47 bits per heavy atom. The van der Waals surface area contributed by atoms with E-state index in [0.29, 0.717) is 5.92 Å². The molecule has 1 aliphatic rings. The predicted molar refractivity (Wildman–Crippen MR) is 72.9 cm³/mol. The highest BCUT2D eigenvalue weighted by Crippen LogP contribution is 2.34. The molecule has 1 atom stereocenters. The molecule has 0 saturated heterocycles. The first-order chi connectivity index (χ1) is 6.51. The molecule has 0 saturated carbocycles. The summed E-state index contributed by atoms with van der Waals surface area (Å²) in [5.41, 5.74) is 1.08. The van der Waals surface area contributed by atoms with Gasteiger partial charge in [-0.2, -0.15) is 0 Å². The van der Waals surface area contributed by atoms with Gasteiger partial charge < -0.3 is 7.80 Å². The molecule has 88 valence electrons. The Hall–Kier alpha value is -0.0300. The van der Waals surface area contributed by atoms with Crippen molar-refractivity contribution in [2.45, 2.75) is 40.2 Å². The van der Waals surface area contributed by atoms with Crippen LogP contribution in [0.5, 0.6) is 0 Å². The van der Waals surface area contributed by atoms with Gasteiger partial charge in [0.2, 0.25) is 0 Å².